The van der Waals surface area contributed by atoms with Crippen molar-refractivity contribution in [2.45, 2.75) is 0 Å². The number of hydrogen-bond donors (Lipinski definition) is 1. The number of aromatic nitrogens is 2. The number of hydrogen-bond acceptors (Lipinski definition) is 3. The molecule has 0 atom stereocenters. The molecule has 56 heavy (non-hydrogen) atoms. The molecule has 1 aromatic heterocycles. The van der Waals surface area contributed by atoms with Gasteiger partial charge in [0.15, 0.2) is 5.82 Å². The molecule has 9 aromatic rings. The van der Waals surface area contributed by atoms with E-state index in [-0.39, 0.29) is 0 Å². The van der Waals surface area contributed by atoms with Crippen LogP contribution in [-0.2, 0) is 0 Å². The van der Waals surface area contributed by atoms with E-state index in [9.17, 15) is 0 Å². The van der Waals surface area contributed by atoms with Crippen LogP contribution < -0.4 is 0 Å². The molecule has 0 saturated carbocycles. The Morgan fingerprint density at radius 2 is 0.839 bits per heavy atom. The van der Waals surface area contributed by atoms with E-state index in [1.807, 2.05) is 78.9 Å². The summed E-state index contributed by atoms with van der Waals surface area (Å²) in [6.07, 6.45) is 2.00. The molecule has 264 valence electrons. The van der Waals surface area contributed by atoms with Crippen molar-refractivity contribution in [2.75, 3.05) is 0 Å². The fourth-order valence-electron chi connectivity index (χ4n) is 7.22. The maximum absolute atomic E-state index is 8.99. The summed E-state index contributed by atoms with van der Waals surface area (Å²) in [6.45, 7) is 0. The Balaban J connectivity index is 1.03. The van der Waals surface area contributed by atoms with E-state index >= 15 is 0 Å². The first kappa shape index (κ1) is 34.3. The van der Waals surface area contributed by atoms with Crippen molar-refractivity contribution in [1.29, 1.82) is 5.41 Å². The predicted molar refractivity (Wildman–Crippen MR) is 234 cm³/mol. The largest absolute Gasteiger partial charge is 0.300 e. The van der Waals surface area contributed by atoms with E-state index in [1.54, 1.807) is 0 Å². The molecule has 1 N–H and O–H groups in total. The molecular weight excluding hydrogens is 679 g/mol. The number of rotatable bonds is 9. The van der Waals surface area contributed by atoms with Crippen molar-refractivity contribution in [3.8, 4) is 56.2 Å². The third kappa shape index (κ3) is 7.22. The number of benzene rings is 8. The summed E-state index contributed by atoms with van der Waals surface area (Å²) in [5, 5.41) is 11.3. The molecule has 3 heteroatoms. The van der Waals surface area contributed by atoms with E-state index in [0.29, 0.717) is 11.5 Å². The lowest BCUT2D eigenvalue weighted by atomic mass is 9.90. The van der Waals surface area contributed by atoms with E-state index < -0.39 is 0 Å². The topological polar surface area (TPSA) is 49.6 Å². The molecule has 0 spiro atoms. The fourth-order valence-corrected chi connectivity index (χ4v) is 7.22. The van der Waals surface area contributed by atoms with Crippen molar-refractivity contribution in [1.82, 2.24) is 9.97 Å². The second-order valence-electron chi connectivity index (χ2n) is 13.8. The molecule has 8 aromatic carbocycles. The Morgan fingerprint density at radius 3 is 1.43 bits per heavy atom. The van der Waals surface area contributed by atoms with Crippen LogP contribution in [0.25, 0.3) is 72.5 Å². The first-order valence-corrected chi connectivity index (χ1v) is 18.8. The average Bonchev–Trinajstić information content (AvgIpc) is 3.29. The Labute approximate surface area is 327 Å². The zero-order chi connectivity index (χ0) is 37.7. The Bertz CT molecular complexity index is 2750. The summed E-state index contributed by atoms with van der Waals surface area (Å²) in [5.41, 5.74) is 14.0. The highest BCUT2D eigenvalue weighted by Crippen LogP contribution is 2.35. The Hall–Kier alpha value is -7.49. The minimum absolute atomic E-state index is 0.479. The zero-order valence-corrected chi connectivity index (χ0v) is 30.7. The van der Waals surface area contributed by atoms with Gasteiger partial charge in [-0.3, -0.25) is 0 Å². The molecule has 0 unspecified atom stereocenters. The van der Waals surface area contributed by atoms with Gasteiger partial charge in [-0.25, -0.2) is 9.97 Å². The van der Waals surface area contributed by atoms with Crippen molar-refractivity contribution >= 4 is 22.1 Å². The van der Waals surface area contributed by atoms with Gasteiger partial charge in [0.2, 0.25) is 0 Å². The number of allylic oxidation sites excluding steroid dienone is 1. The molecule has 3 nitrogen and oxygen atoms in total. The molecule has 1 heterocycles. The van der Waals surface area contributed by atoms with Crippen LogP contribution in [0.5, 0.6) is 0 Å². The normalized spacial score (nSPS) is 11.4. The zero-order valence-electron chi connectivity index (χ0n) is 30.7. The predicted octanol–water partition coefficient (Wildman–Crippen LogP) is 13.5. The van der Waals surface area contributed by atoms with Crippen LogP contribution in [0.4, 0.5) is 0 Å². The van der Waals surface area contributed by atoms with E-state index in [4.69, 9.17) is 15.4 Å². The molecule has 9 rings (SSSR count). The van der Waals surface area contributed by atoms with Gasteiger partial charge >= 0.3 is 0 Å². The molecular formula is C53H37N3. The van der Waals surface area contributed by atoms with Crippen LogP contribution in [-0.4, -0.2) is 15.7 Å². The second-order valence-corrected chi connectivity index (χ2v) is 13.8. The fraction of sp³-hybridized carbons (Fsp3) is 0. The number of nitrogens with zero attached hydrogens (tertiary/aromatic N) is 2. The van der Waals surface area contributed by atoms with Crippen LogP contribution in [0.2, 0.25) is 0 Å². The maximum atomic E-state index is 8.99. The van der Waals surface area contributed by atoms with Crippen molar-refractivity contribution in [3.63, 3.8) is 0 Å². The van der Waals surface area contributed by atoms with Crippen LogP contribution in [0, 0.1) is 5.41 Å². The summed E-state index contributed by atoms with van der Waals surface area (Å²) in [7, 11) is 0. The van der Waals surface area contributed by atoms with Crippen LogP contribution in [0.1, 0.15) is 16.7 Å². The first-order chi connectivity index (χ1) is 27.7. The van der Waals surface area contributed by atoms with E-state index in [0.717, 1.165) is 83.4 Å². The summed E-state index contributed by atoms with van der Waals surface area (Å²) < 4.78 is 0. The third-order valence-corrected chi connectivity index (χ3v) is 10.2. The van der Waals surface area contributed by atoms with Gasteiger partial charge in [-0.15, -0.1) is 0 Å². The molecule has 0 amide bonds. The second kappa shape index (κ2) is 15.5. The van der Waals surface area contributed by atoms with Gasteiger partial charge in [0.1, 0.15) is 0 Å². The molecule has 0 saturated heterocycles. The van der Waals surface area contributed by atoms with Gasteiger partial charge in [-0.2, -0.15) is 0 Å². The minimum Gasteiger partial charge on any atom is -0.300 e. The molecule has 0 fully saturated rings. The highest BCUT2D eigenvalue weighted by atomic mass is 14.9. The lowest BCUT2D eigenvalue weighted by molar-refractivity contribution is 1.18. The molecule has 0 aliphatic heterocycles. The van der Waals surface area contributed by atoms with Crippen molar-refractivity contribution in [3.05, 3.63) is 235 Å². The highest BCUT2D eigenvalue weighted by Gasteiger charge is 2.14. The van der Waals surface area contributed by atoms with Crippen LogP contribution in [0.15, 0.2) is 218 Å². The molecule has 0 bridgehead atoms. The standard InChI is InChI=1S/C53H37N3/c54-50(42-16-7-2-8-17-42)35-49(40-14-5-1-6-15-40)47-23-13-22-41-30-33-46(34-48(41)47)39-26-24-37(25-27-39)38-28-31-44(32-29-38)52-36-51(43-18-9-3-10-19-43)55-53(56-52)45-20-11-4-12-21-45/h1-36,54H/b49-35-,54-50?. The average molecular weight is 716 g/mol. The van der Waals surface area contributed by atoms with Gasteiger partial charge < -0.3 is 5.41 Å². The quantitative estimate of drug-likeness (QED) is 0.151. The Morgan fingerprint density at radius 1 is 0.375 bits per heavy atom. The Kier molecular flexibility index (Phi) is 9.47. The van der Waals surface area contributed by atoms with Crippen molar-refractivity contribution in [2.24, 2.45) is 0 Å². The van der Waals surface area contributed by atoms with Crippen molar-refractivity contribution < 1.29 is 0 Å². The third-order valence-electron chi connectivity index (χ3n) is 10.2. The molecule has 0 aliphatic carbocycles. The number of nitrogens with one attached hydrogen (secondary N) is 1. The van der Waals surface area contributed by atoms with Gasteiger partial charge in [0.25, 0.3) is 0 Å². The summed E-state index contributed by atoms with van der Waals surface area (Å²) >= 11 is 0. The van der Waals surface area contributed by atoms with Gasteiger partial charge in [-0.1, -0.05) is 200 Å². The monoisotopic (exact) mass is 715 g/mol. The lowest BCUT2D eigenvalue weighted by Gasteiger charge is -2.14. The highest BCUT2D eigenvalue weighted by molar-refractivity contribution is 6.13. The molecule has 0 aliphatic rings. The summed E-state index contributed by atoms with van der Waals surface area (Å²) in [4.78, 5) is 9.95. The van der Waals surface area contributed by atoms with Crippen LogP contribution >= 0.6 is 0 Å². The number of fused-ring (bicyclic) bond motifs is 1. The van der Waals surface area contributed by atoms with Gasteiger partial charge in [0, 0.05) is 16.7 Å². The van der Waals surface area contributed by atoms with Gasteiger partial charge in [0.05, 0.1) is 17.1 Å². The van der Waals surface area contributed by atoms with Gasteiger partial charge in [-0.05, 0) is 73.5 Å². The van der Waals surface area contributed by atoms with Crippen LogP contribution in [0.3, 0.4) is 0 Å². The minimum atomic E-state index is 0.479. The lowest BCUT2D eigenvalue weighted by Crippen LogP contribution is -1.98. The summed E-state index contributed by atoms with van der Waals surface area (Å²) in [6, 6.07) is 73.4. The molecule has 0 radical (unpaired) electrons. The first-order valence-electron chi connectivity index (χ1n) is 18.8. The SMILES string of the molecule is N=C(/C=C(/c1ccccc1)c1cccc2ccc(-c3ccc(-c4ccc(-c5cc(-c6ccccc6)nc(-c6ccccc6)n5)cc4)cc3)cc12)c1ccccc1. The van der Waals surface area contributed by atoms with E-state index in [2.05, 4.69) is 140 Å². The summed E-state index contributed by atoms with van der Waals surface area (Å²) in [5.74, 6) is 0.710. The smallest absolute Gasteiger partial charge is 0.160 e. The maximum Gasteiger partial charge on any atom is 0.160 e. The van der Waals surface area contributed by atoms with E-state index in [1.165, 1.54) is 0 Å².